The summed E-state index contributed by atoms with van der Waals surface area (Å²) in [6, 6.07) is 7.00. The molecule has 0 saturated carbocycles. The van der Waals surface area contributed by atoms with Crippen molar-refractivity contribution in [1.29, 1.82) is 0 Å². The number of H-pyrrole nitrogens is 1. The molecule has 9 heteroatoms. The molecule has 1 aromatic carbocycles. The lowest BCUT2D eigenvalue weighted by molar-refractivity contribution is 0.319. The van der Waals surface area contributed by atoms with Gasteiger partial charge < -0.3 is 16.0 Å². The molecule has 0 aliphatic carbocycles. The van der Waals surface area contributed by atoms with Crippen molar-refractivity contribution in [2.75, 3.05) is 5.84 Å². The van der Waals surface area contributed by atoms with Crippen LogP contribution in [-0.4, -0.2) is 35.8 Å². The van der Waals surface area contributed by atoms with Crippen LogP contribution in [0.3, 0.4) is 0 Å². The van der Waals surface area contributed by atoms with Crippen LogP contribution in [-0.2, 0) is 0 Å². The number of oxime groups is 1. The van der Waals surface area contributed by atoms with E-state index < -0.39 is 5.56 Å². The van der Waals surface area contributed by atoms with Crippen LogP contribution in [0.4, 0.5) is 0 Å². The average Bonchev–Trinajstić information content (AvgIpc) is 2.81. The number of nitrogen functional groups attached to an aromatic ring is 1. The predicted octanol–water partition coefficient (Wildman–Crippen LogP) is -0.237. The zero-order chi connectivity index (χ0) is 15.0. The molecule has 3 aromatic rings. The molecule has 0 amide bonds. The molecule has 4 N–H and O–H groups in total. The van der Waals surface area contributed by atoms with Crippen molar-refractivity contribution in [3.05, 3.63) is 52.0 Å². The minimum atomic E-state index is -0.512. The number of benzene rings is 1. The van der Waals surface area contributed by atoms with Crippen LogP contribution < -0.4 is 11.4 Å². The first-order valence-electron chi connectivity index (χ1n) is 6.00. The summed E-state index contributed by atoms with van der Waals surface area (Å²) in [4.78, 5) is 19.0. The second-order valence-electron chi connectivity index (χ2n) is 4.32. The first-order chi connectivity index (χ1) is 10.1. The number of fused-ring (bicyclic) bond motifs is 1. The van der Waals surface area contributed by atoms with Gasteiger partial charge in [-0.05, 0) is 19.1 Å². The van der Waals surface area contributed by atoms with Crippen molar-refractivity contribution in [3.8, 4) is 0 Å². The summed E-state index contributed by atoms with van der Waals surface area (Å²) in [5, 5.41) is 19.9. The maximum atomic E-state index is 12.1. The van der Waals surface area contributed by atoms with Gasteiger partial charge in [0.1, 0.15) is 5.82 Å². The van der Waals surface area contributed by atoms with Gasteiger partial charge in [0.15, 0.2) is 11.4 Å². The number of nitrogens with two attached hydrogens (primary N) is 1. The Bertz CT molecular complexity index is 909. The third-order valence-corrected chi connectivity index (χ3v) is 3.00. The van der Waals surface area contributed by atoms with E-state index in [9.17, 15) is 10.0 Å². The topological polar surface area (TPSA) is 135 Å². The molecule has 0 saturated heterocycles. The van der Waals surface area contributed by atoms with E-state index in [1.54, 1.807) is 31.2 Å². The smallest absolute Gasteiger partial charge is 0.276 e. The summed E-state index contributed by atoms with van der Waals surface area (Å²) in [6.07, 6.45) is 0. The lowest BCUT2D eigenvalue weighted by Gasteiger charge is -2.04. The zero-order valence-electron chi connectivity index (χ0n) is 11.0. The Balaban J connectivity index is 2.25. The van der Waals surface area contributed by atoms with E-state index in [0.29, 0.717) is 16.9 Å². The van der Waals surface area contributed by atoms with Crippen LogP contribution in [0.5, 0.6) is 0 Å². The van der Waals surface area contributed by atoms with Gasteiger partial charge in [-0.15, -0.1) is 10.2 Å². The maximum Gasteiger partial charge on any atom is 0.276 e. The van der Waals surface area contributed by atoms with Crippen molar-refractivity contribution >= 4 is 16.7 Å². The molecule has 0 unspecified atom stereocenters. The van der Waals surface area contributed by atoms with Gasteiger partial charge in [0, 0.05) is 0 Å². The quantitative estimate of drug-likeness (QED) is 0.257. The van der Waals surface area contributed by atoms with E-state index in [1.807, 2.05) is 0 Å². The molecule has 3 rings (SSSR count). The molecule has 0 fully saturated rings. The molecule has 106 valence electrons. The average molecular weight is 285 g/mol. The van der Waals surface area contributed by atoms with Crippen LogP contribution in [0, 0.1) is 6.92 Å². The van der Waals surface area contributed by atoms with Gasteiger partial charge in [-0.2, -0.15) is 0 Å². The lowest BCUT2D eigenvalue weighted by Crippen LogP contribution is -2.26. The van der Waals surface area contributed by atoms with Crippen LogP contribution in [0.2, 0.25) is 0 Å². The normalized spacial score (nSPS) is 12.0. The van der Waals surface area contributed by atoms with Crippen LogP contribution >= 0.6 is 0 Å². The summed E-state index contributed by atoms with van der Waals surface area (Å²) < 4.78 is 1.12. The van der Waals surface area contributed by atoms with E-state index in [4.69, 9.17) is 5.84 Å². The molecular weight excluding hydrogens is 274 g/mol. The number of aryl methyl sites for hydroxylation is 1. The standard InChI is InChI=1S/C12H11N7O2/c1-6-16-17-11(19(6)13)9(18-21)10-12(20)15-8-5-3-2-4-7(8)14-10/h2-5,21H,13H2,1H3,(H,15,20)/b18-9+. The van der Waals surface area contributed by atoms with Crippen LogP contribution in [0.25, 0.3) is 11.0 Å². The third-order valence-electron chi connectivity index (χ3n) is 3.00. The Morgan fingerprint density at radius 2 is 2.14 bits per heavy atom. The number of para-hydroxylation sites is 2. The number of rotatable bonds is 2. The Hall–Kier alpha value is -3.23. The molecule has 0 atom stereocenters. The van der Waals surface area contributed by atoms with Crippen molar-refractivity contribution in [2.24, 2.45) is 5.16 Å². The molecule has 2 heterocycles. The number of nitrogens with one attached hydrogen (secondary N) is 1. The molecule has 21 heavy (non-hydrogen) atoms. The predicted molar refractivity (Wildman–Crippen MR) is 74.7 cm³/mol. The summed E-state index contributed by atoms with van der Waals surface area (Å²) in [5.41, 5.74) is 0.379. The number of nitrogens with zero attached hydrogens (tertiary/aromatic N) is 5. The first kappa shape index (κ1) is 12.8. The Morgan fingerprint density at radius 1 is 1.38 bits per heavy atom. The van der Waals surface area contributed by atoms with Crippen molar-refractivity contribution in [2.45, 2.75) is 6.92 Å². The van der Waals surface area contributed by atoms with Crippen LogP contribution in [0.15, 0.2) is 34.2 Å². The van der Waals surface area contributed by atoms with Crippen molar-refractivity contribution in [3.63, 3.8) is 0 Å². The fraction of sp³-hybridized carbons (Fsp3) is 0.0833. The summed E-state index contributed by atoms with van der Waals surface area (Å²) in [5.74, 6) is 6.19. The van der Waals surface area contributed by atoms with Crippen molar-refractivity contribution in [1.82, 2.24) is 24.8 Å². The Kier molecular flexibility index (Phi) is 2.87. The van der Waals surface area contributed by atoms with E-state index in [-0.39, 0.29) is 17.2 Å². The number of aromatic amines is 1. The second kappa shape index (κ2) is 4.71. The molecule has 0 spiro atoms. The van der Waals surface area contributed by atoms with Gasteiger partial charge in [0.25, 0.3) is 5.56 Å². The first-order valence-corrected chi connectivity index (χ1v) is 6.00. The zero-order valence-corrected chi connectivity index (χ0v) is 11.0. The van der Waals surface area contributed by atoms with Gasteiger partial charge in [-0.25, -0.2) is 9.66 Å². The highest BCUT2D eigenvalue weighted by molar-refractivity contribution is 6.09. The summed E-state index contributed by atoms with van der Waals surface area (Å²) in [6.45, 7) is 1.63. The molecular formula is C12H11N7O2. The molecule has 0 aliphatic rings. The van der Waals surface area contributed by atoms with E-state index in [1.165, 1.54) is 0 Å². The number of hydrogen-bond acceptors (Lipinski definition) is 7. The molecule has 0 bridgehead atoms. The van der Waals surface area contributed by atoms with Gasteiger partial charge >= 0.3 is 0 Å². The van der Waals surface area contributed by atoms with Gasteiger partial charge in [-0.3, -0.25) is 4.79 Å². The summed E-state index contributed by atoms with van der Waals surface area (Å²) >= 11 is 0. The minimum absolute atomic E-state index is 0.0447. The van der Waals surface area contributed by atoms with E-state index in [0.717, 1.165) is 4.68 Å². The highest BCUT2D eigenvalue weighted by atomic mass is 16.4. The molecule has 0 radical (unpaired) electrons. The van der Waals surface area contributed by atoms with E-state index >= 15 is 0 Å². The fourth-order valence-corrected chi connectivity index (χ4v) is 1.92. The Labute approximate surface area is 117 Å². The molecule has 2 aromatic heterocycles. The van der Waals surface area contributed by atoms with Gasteiger partial charge in [-0.1, -0.05) is 17.3 Å². The van der Waals surface area contributed by atoms with Crippen LogP contribution in [0.1, 0.15) is 17.3 Å². The second-order valence-corrected chi connectivity index (χ2v) is 4.32. The van der Waals surface area contributed by atoms with Gasteiger partial charge in [0.2, 0.25) is 5.82 Å². The van der Waals surface area contributed by atoms with Gasteiger partial charge in [0.05, 0.1) is 11.0 Å². The third kappa shape index (κ3) is 2.00. The SMILES string of the molecule is Cc1nnc(/C(=N/O)c2nc3ccccc3[nH]c2=O)n1N. The largest absolute Gasteiger partial charge is 0.410 e. The highest BCUT2D eigenvalue weighted by Crippen LogP contribution is 2.09. The molecule has 9 nitrogen and oxygen atoms in total. The Morgan fingerprint density at radius 3 is 2.81 bits per heavy atom. The molecule has 0 aliphatic heterocycles. The number of aromatic nitrogens is 5. The monoisotopic (exact) mass is 285 g/mol. The highest BCUT2D eigenvalue weighted by Gasteiger charge is 2.21. The number of hydrogen-bond donors (Lipinski definition) is 3. The fourth-order valence-electron chi connectivity index (χ4n) is 1.92. The minimum Gasteiger partial charge on any atom is -0.410 e. The lowest BCUT2D eigenvalue weighted by atomic mass is 10.2. The summed E-state index contributed by atoms with van der Waals surface area (Å²) in [7, 11) is 0. The maximum absolute atomic E-state index is 12.1. The van der Waals surface area contributed by atoms with E-state index in [2.05, 4.69) is 25.3 Å². The van der Waals surface area contributed by atoms with Crippen molar-refractivity contribution < 1.29 is 5.21 Å².